The van der Waals surface area contributed by atoms with Crippen LogP contribution in [0.1, 0.15) is 64.1 Å². The van der Waals surface area contributed by atoms with Gasteiger partial charge in [-0.05, 0) is 29.9 Å². The Kier molecular flexibility index (Phi) is 5.39. The van der Waals surface area contributed by atoms with Crippen molar-refractivity contribution >= 4 is 5.91 Å². The van der Waals surface area contributed by atoms with Gasteiger partial charge in [0.15, 0.2) is 0 Å². The Morgan fingerprint density at radius 3 is 1.94 bits per heavy atom. The van der Waals surface area contributed by atoms with Crippen LogP contribution < -0.4 is 5.32 Å². The summed E-state index contributed by atoms with van der Waals surface area (Å²) in [5, 5.41) is 3.04. The number of hydrogen-bond donors (Lipinski definition) is 1. The zero-order chi connectivity index (χ0) is 13.7. The van der Waals surface area contributed by atoms with E-state index in [0.29, 0.717) is 18.3 Å². The van der Waals surface area contributed by atoms with E-state index in [1.807, 2.05) is 6.92 Å². The van der Waals surface area contributed by atoms with Crippen LogP contribution in [0.2, 0.25) is 0 Å². The third-order valence-electron chi connectivity index (χ3n) is 3.07. The highest BCUT2D eigenvalue weighted by Crippen LogP contribution is 2.18. The van der Waals surface area contributed by atoms with Crippen molar-refractivity contribution < 1.29 is 4.79 Å². The van der Waals surface area contributed by atoms with Gasteiger partial charge in [0.1, 0.15) is 0 Å². The highest BCUT2D eigenvalue weighted by atomic mass is 16.1. The highest BCUT2D eigenvalue weighted by molar-refractivity contribution is 5.76. The van der Waals surface area contributed by atoms with Gasteiger partial charge in [-0.2, -0.15) is 0 Å². The van der Waals surface area contributed by atoms with Crippen molar-refractivity contribution in [3.63, 3.8) is 0 Å². The average molecular weight is 247 g/mol. The molecule has 0 radical (unpaired) electrons. The lowest BCUT2D eigenvalue weighted by Gasteiger charge is -2.16. The number of carbonyl (C=O) groups is 1. The van der Waals surface area contributed by atoms with Gasteiger partial charge in [0.25, 0.3) is 0 Å². The maximum Gasteiger partial charge on any atom is 0.220 e. The van der Waals surface area contributed by atoms with Crippen molar-refractivity contribution in [3.8, 4) is 0 Å². The molecule has 0 aromatic heterocycles. The van der Waals surface area contributed by atoms with Crippen LogP contribution in [0.3, 0.4) is 0 Å². The largest absolute Gasteiger partial charge is 0.350 e. The normalized spacial score (nSPS) is 12.8. The lowest BCUT2D eigenvalue weighted by molar-refractivity contribution is -0.122. The summed E-state index contributed by atoms with van der Waals surface area (Å²) >= 11 is 0. The first kappa shape index (κ1) is 14.7. The molecule has 1 aromatic rings. The fourth-order valence-electron chi connectivity index (χ4n) is 1.92. The summed E-state index contributed by atoms with van der Waals surface area (Å²) in [4.78, 5) is 11.7. The summed E-state index contributed by atoms with van der Waals surface area (Å²) in [5.41, 5.74) is 2.50. The Hall–Kier alpha value is -1.31. The molecule has 0 aliphatic rings. The number of nitrogens with one attached hydrogen (secondary N) is 1. The molecule has 0 aliphatic heterocycles. The predicted molar refractivity (Wildman–Crippen MR) is 76.5 cm³/mol. The quantitative estimate of drug-likeness (QED) is 0.836. The molecule has 1 atom stereocenters. The number of carbonyl (C=O) groups excluding carboxylic acids is 1. The predicted octanol–water partition coefficient (Wildman–Crippen LogP) is 4.03. The number of benzene rings is 1. The fourth-order valence-corrected chi connectivity index (χ4v) is 1.92. The van der Waals surface area contributed by atoms with E-state index in [2.05, 4.69) is 57.3 Å². The van der Waals surface area contributed by atoms with Gasteiger partial charge in [-0.3, -0.25) is 4.79 Å². The molecule has 0 spiro atoms. The van der Waals surface area contributed by atoms with E-state index in [4.69, 9.17) is 0 Å². The van der Waals surface area contributed by atoms with Gasteiger partial charge in [-0.25, -0.2) is 0 Å². The molecular weight excluding hydrogens is 222 g/mol. The monoisotopic (exact) mass is 247 g/mol. The minimum atomic E-state index is 0.0810. The summed E-state index contributed by atoms with van der Waals surface area (Å²) in [6.45, 7) is 10.5. The van der Waals surface area contributed by atoms with Crippen LogP contribution in [0, 0.1) is 5.92 Å². The van der Waals surface area contributed by atoms with Gasteiger partial charge < -0.3 is 5.32 Å². The van der Waals surface area contributed by atoms with Crippen molar-refractivity contribution in [2.45, 2.75) is 53.0 Å². The molecule has 1 N–H and O–H groups in total. The Balaban J connectivity index is 2.61. The average Bonchev–Trinajstić information content (AvgIpc) is 2.27. The van der Waals surface area contributed by atoms with Gasteiger partial charge in [0.2, 0.25) is 5.91 Å². The number of amides is 1. The van der Waals surface area contributed by atoms with E-state index < -0.39 is 0 Å². The van der Waals surface area contributed by atoms with Crippen LogP contribution >= 0.6 is 0 Å². The molecule has 18 heavy (non-hydrogen) atoms. The second kappa shape index (κ2) is 6.58. The van der Waals surface area contributed by atoms with Crippen LogP contribution in [-0.2, 0) is 4.79 Å². The van der Waals surface area contributed by atoms with Crippen LogP contribution in [0.15, 0.2) is 24.3 Å². The highest BCUT2D eigenvalue weighted by Gasteiger charge is 2.11. The summed E-state index contributed by atoms with van der Waals surface area (Å²) in [6.07, 6.45) is 0.592. The Labute approximate surface area is 111 Å². The summed E-state index contributed by atoms with van der Waals surface area (Å²) < 4.78 is 0. The number of hydrogen-bond acceptors (Lipinski definition) is 1. The molecule has 100 valence electrons. The van der Waals surface area contributed by atoms with Gasteiger partial charge in [0, 0.05) is 6.42 Å². The van der Waals surface area contributed by atoms with E-state index in [1.54, 1.807) is 0 Å². The second-order valence-electron chi connectivity index (χ2n) is 5.71. The zero-order valence-corrected chi connectivity index (χ0v) is 12.2. The van der Waals surface area contributed by atoms with Crippen molar-refractivity contribution in [2.75, 3.05) is 0 Å². The lowest BCUT2D eigenvalue weighted by atomic mass is 9.99. The third-order valence-corrected chi connectivity index (χ3v) is 3.07. The third kappa shape index (κ3) is 4.52. The minimum absolute atomic E-state index is 0.0810. The fraction of sp³-hybridized carbons (Fsp3) is 0.562. The molecule has 1 amide bonds. The molecule has 1 unspecified atom stereocenters. The van der Waals surface area contributed by atoms with Crippen molar-refractivity contribution in [1.82, 2.24) is 5.32 Å². The van der Waals surface area contributed by atoms with Crippen LogP contribution in [0.25, 0.3) is 0 Å². The van der Waals surface area contributed by atoms with Crippen molar-refractivity contribution in [2.24, 2.45) is 5.92 Å². The van der Waals surface area contributed by atoms with Gasteiger partial charge >= 0.3 is 0 Å². The van der Waals surface area contributed by atoms with Crippen LogP contribution in [0.4, 0.5) is 0 Å². The van der Waals surface area contributed by atoms with E-state index in [0.717, 1.165) is 5.56 Å². The molecule has 0 aliphatic carbocycles. The Morgan fingerprint density at radius 1 is 1.00 bits per heavy atom. The van der Waals surface area contributed by atoms with Crippen molar-refractivity contribution in [1.29, 1.82) is 0 Å². The first-order valence-corrected chi connectivity index (χ1v) is 6.79. The molecule has 1 rings (SSSR count). The van der Waals surface area contributed by atoms with E-state index in [-0.39, 0.29) is 11.9 Å². The first-order valence-electron chi connectivity index (χ1n) is 6.79. The van der Waals surface area contributed by atoms with E-state index in [9.17, 15) is 4.79 Å². The molecular formula is C16H25NO. The Bertz CT molecular complexity index is 379. The van der Waals surface area contributed by atoms with Gasteiger partial charge in [-0.15, -0.1) is 0 Å². The second-order valence-corrected chi connectivity index (χ2v) is 5.71. The SMILES string of the molecule is CC(C)CC(=O)NC(C)c1ccc(C(C)C)cc1. The zero-order valence-electron chi connectivity index (χ0n) is 12.2. The minimum Gasteiger partial charge on any atom is -0.350 e. The van der Waals surface area contributed by atoms with E-state index >= 15 is 0 Å². The molecule has 0 fully saturated rings. The molecule has 0 heterocycles. The molecule has 2 heteroatoms. The van der Waals surface area contributed by atoms with Crippen molar-refractivity contribution in [3.05, 3.63) is 35.4 Å². The summed E-state index contributed by atoms with van der Waals surface area (Å²) in [6, 6.07) is 8.58. The molecule has 2 nitrogen and oxygen atoms in total. The maximum absolute atomic E-state index is 11.7. The summed E-state index contributed by atoms with van der Waals surface area (Å²) in [7, 11) is 0. The molecule has 0 bridgehead atoms. The molecule has 0 saturated carbocycles. The van der Waals surface area contributed by atoms with Gasteiger partial charge in [-0.1, -0.05) is 52.0 Å². The maximum atomic E-state index is 11.7. The number of rotatable bonds is 5. The smallest absolute Gasteiger partial charge is 0.220 e. The van der Waals surface area contributed by atoms with Gasteiger partial charge in [0.05, 0.1) is 6.04 Å². The van der Waals surface area contributed by atoms with E-state index in [1.165, 1.54) is 5.56 Å². The van der Waals surface area contributed by atoms with Crippen LogP contribution in [-0.4, -0.2) is 5.91 Å². The Morgan fingerprint density at radius 2 is 1.50 bits per heavy atom. The topological polar surface area (TPSA) is 29.1 Å². The molecule has 1 aromatic carbocycles. The van der Waals surface area contributed by atoms with Crippen LogP contribution in [0.5, 0.6) is 0 Å². The lowest BCUT2D eigenvalue weighted by Crippen LogP contribution is -2.27. The first-order chi connectivity index (χ1) is 8.40. The standard InChI is InChI=1S/C16H25NO/c1-11(2)10-16(18)17-13(5)15-8-6-14(7-9-15)12(3)4/h6-9,11-13H,10H2,1-5H3,(H,17,18). The molecule has 0 saturated heterocycles. The summed E-state index contributed by atoms with van der Waals surface area (Å²) in [5.74, 6) is 1.08.